The van der Waals surface area contributed by atoms with Crippen LogP contribution in [0, 0.1) is 0 Å². The first-order valence-electron chi connectivity index (χ1n) is 9.12. The molecule has 0 heterocycles. The van der Waals surface area contributed by atoms with Crippen molar-refractivity contribution in [1.82, 2.24) is 0 Å². The Bertz CT molecular complexity index is 1220. The summed E-state index contributed by atoms with van der Waals surface area (Å²) in [6.07, 6.45) is 1.66. The van der Waals surface area contributed by atoms with Crippen LogP contribution in [0.2, 0.25) is 0 Å². The van der Waals surface area contributed by atoms with Crippen LogP contribution in [0.5, 0.6) is 0 Å². The van der Waals surface area contributed by atoms with Gasteiger partial charge in [0.05, 0.1) is 5.69 Å². The topological polar surface area (TPSA) is 29.1 Å². The van der Waals surface area contributed by atoms with Crippen LogP contribution in [0.3, 0.4) is 0 Å². The van der Waals surface area contributed by atoms with E-state index in [1.165, 1.54) is 0 Å². The Balaban J connectivity index is 1.73. The van der Waals surface area contributed by atoms with E-state index in [0.717, 1.165) is 36.7 Å². The zero-order valence-corrected chi connectivity index (χ0v) is 18.6. The Hall–Kier alpha value is -2.69. The van der Waals surface area contributed by atoms with Gasteiger partial charge in [-0.25, -0.2) is 0 Å². The summed E-state index contributed by atoms with van der Waals surface area (Å²) in [6, 6.07) is 29.6. The SMILES string of the molecule is O=C(/C=C(\Nc1ccc(Br)cc1Br)c1ccccc1)c1ccc2ccccc2c1. The van der Waals surface area contributed by atoms with Gasteiger partial charge in [0.2, 0.25) is 0 Å². The minimum absolute atomic E-state index is 0.0460. The molecule has 0 aliphatic carbocycles. The van der Waals surface area contributed by atoms with E-state index >= 15 is 0 Å². The van der Waals surface area contributed by atoms with Crippen molar-refractivity contribution in [3.63, 3.8) is 0 Å². The Morgan fingerprint density at radius 3 is 2.21 bits per heavy atom. The summed E-state index contributed by atoms with van der Waals surface area (Å²) in [5, 5.41) is 5.57. The molecule has 0 amide bonds. The molecule has 0 atom stereocenters. The van der Waals surface area contributed by atoms with Crippen LogP contribution in [0.15, 0.2) is 106 Å². The summed E-state index contributed by atoms with van der Waals surface area (Å²) in [4.78, 5) is 13.1. The lowest BCUT2D eigenvalue weighted by Gasteiger charge is -2.13. The molecule has 4 heteroatoms. The molecule has 29 heavy (non-hydrogen) atoms. The van der Waals surface area contributed by atoms with Crippen molar-refractivity contribution in [3.8, 4) is 0 Å². The number of hydrogen-bond acceptors (Lipinski definition) is 2. The number of hydrogen-bond donors (Lipinski definition) is 1. The first kappa shape index (κ1) is 19.6. The summed E-state index contributed by atoms with van der Waals surface area (Å²) in [6.45, 7) is 0. The van der Waals surface area contributed by atoms with Gasteiger partial charge in [-0.2, -0.15) is 0 Å². The molecule has 0 bridgehead atoms. The largest absolute Gasteiger partial charge is 0.354 e. The molecule has 0 saturated heterocycles. The fourth-order valence-corrected chi connectivity index (χ4v) is 4.25. The summed E-state index contributed by atoms with van der Waals surface area (Å²) in [5.74, 6) is -0.0460. The average Bonchev–Trinajstić information content (AvgIpc) is 2.75. The third kappa shape index (κ3) is 4.66. The van der Waals surface area contributed by atoms with Gasteiger partial charge in [-0.05, 0) is 56.5 Å². The lowest BCUT2D eigenvalue weighted by molar-refractivity contribution is 0.104. The van der Waals surface area contributed by atoms with Gasteiger partial charge in [0.1, 0.15) is 0 Å². The predicted molar refractivity (Wildman–Crippen MR) is 128 cm³/mol. The number of ketones is 1. The fourth-order valence-electron chi connectivity index (χ4n) is 3.10. The fraction of sp³-hybridized carbons (Fsp3) is 0. The zero-order chi connectivity index (χ0) is 20.2. The Labute approximate surface area is 186 Å². The summed E-state index contributed by atoms with van der Waals surface area (Å²) in [7, 11) is 0. The molecule has 0 aliphatic heterocycles. The van der Waals surface area contributed by atoms with Gasteiger partial charge in [0, 0.05) is 26.3 Å². The molecule has 0 fully saturated rings. The lowest BCUT2D eigenvalue weighted by atomic mass is 10.0. The van der Waals surface area contributed by atoms with Crippen molar-refractivity contribution >= 4 is 59.8 Å². The van der Waals surface area contributed by atoms with E-state index in [4.69, 9.17) is 0 Å². The van der Waals surface area contributed by atoms with Crippen molar-refractivity contribution < 1.29 is 4.79 Å². The Kier molecular flexibility index (Phi) is 5.93. The molecule has 0 spiro atoms. The van der Waals surface area contributed by atoms with E-state index in [9.17, 15) is 4.79 Å². The van der Waals surface area contributed by atoms with E-state index in [-0.39, 0.29) is 5.78 Å². The van der Waals surface area contributed by atoms with Gasteiger partial charge in [-0.1, -0.05) is 82.7 Å². The van der Waals surface area contributed by atoms with E-state index < -0.39 is 0 Å². The Morgan fingerprint density at radius 2 is 1.45 bits per heavy atom. The van der Waals surface area contributed by atoms with Crippen LogP contribution in [-0.2, 0) is 0 Å². The normalized spacial score (nSPS) is 11.4. The van der Waals surface area contributed by atoms with E-state index in [2.05, 4.69) is 37.2 Å². The van der Waals surface area contributed by atoms with Crippen molar-refractivity contribution in [2.75, 3.05) is 5.32 Å². The minimum atomic E-state index is -0.0460. The third-order valence-corrected chi connectivity index (χ3v) is 5.74. The highest BCUT2D eigenvalue weighted by Crippen LogP contribution is 2.29. The molecular weight excluding hydrogens is 490 g/mol. The molecular formula is C25H17Br2NO. The second kappa shape index (κ2) is 8.76. The van der Waals surface area contributed by atoms with E-state index in [0.29, 0.717) is 5.56 Å². The number of allylic oxidation sites excluding steroid dienone is 1. The molecule has 0 unspecified atom stereocenters. The van der Waals surface area contributed by atoms with E-state index in [1.54, 1.807) is 6.08 Å². The van der Waals surface area contributed by atoms with Crippen molar-refractivity contribution in [1.29, 1.82) is 0 Å². The highest BCUT2D eigenvalue weighted by molar-refractivity contribution is 9.11. The maximum atomic E-state index is 13.1. The lowest BCUT2D eigenvalue weighted by Crippen LogP contribution is -2.04. The second-order valence-corrected chi connectivity index (χ2v) is 8.37. The van der Waals surface area contributed by atoms with Crippen molar-refractivity contribution in [2.45, 2.75) is 0 Å². The number of anilines is 1. The monoisotopic (exact) mass is 505 g/mol. The number of halogens is 2. The third-order valence-electron chi connectivity index (χ3n) is 4.59. The molecule has 0 radical (unpaired) electrons. The zero-order valence-electron chi connectivity index (χ0n) is 15.4. The molecule has 1 N–H and O–H groups in total. The summed E-state index contributed by atoms with van der Waals surface area (Å²) < 4.78 is 1.89. The van der Waals surface area contributed by atoms with Gasteiger partial charge in [0.15, 0.2) is 5.78 Å². The molecule has 2 nitrogen and oxygen atoms in total. The second-order valence-electron chi connectivity index (χ2n) is 6.60. The first-order valence-corrected chi connectivity index (χ1v) is 10.7. The van der Waals surface area contributed by atoms with Crippen LogP contribution in [0.25, 0.3) is 16.5 Å². The molecule has 142 valence electrons. The van der Waals surface area contributed by atoms with Crippen molar-refractivity contribution in [2.24, 2.45) is 0 Å². The standard InChI is InChI=1S/C25H17Br2NO/c26-21-12-13-23(22(27)15-21)28-24(18-7-2-1-3-8-18)16-25(29)20-11-10-17-6-4-5-9-19(17)14-20/h1-16,28H/b24-16-. The number of carbonyl (C=O) groups excluding carboxylic acids is 1. The van der Waals surface area contributed by atoms with Gasteiger partial charge in [0.25, 0.3) is 0 Å². The van der Waals surface area contributed by atoms with Gasteiger partial charge in [-0.3, -0.25) is 4.79 Å². The highest BCUT2D eigenvalue weighted by Gasteiger charge is 2.10. The van der Waals surface area contributed by atoms with Crippen LogP contribution in [0.1, 0.15) is 15.9 Å². The van der Waals surface area contributed by atoms with Crippen LogP contribution in [-0.4, -0.2) is 5.78 Å². The van der Waals surface area contributed by atoms with Gasteiger partial charge >= 0.3 is 0 Å². The van der Waals surface area contributed by atoms with Gasteiger partial charge in [-0.15, -0.1) is 0 Å². The number of benzene rings is 4. The predicted octanol–water partition coefficient (Wildman–Crippen LogP) is 7.70. The first-order chi connectivity index (χ1) is 14.1. The molecule has 0 aliphatic rings. The van der Waals surface area contributed by atoms with Crippen molar-refractivity contribution in [3.05, 3.63) is 117 Å². The molecule has 4 rings (SSSR count). The maximum Gasteiger partial charge on any atom is 0.187 e. The van der Waals surface area contributed by atoms with Crippen LogP contribution in [0.4, 0.5) is 5.69 Å². The highest BCUT2D eigenvalue weighted by atomic mass is 79.9. The molecule has 4 aromatic rings. The summed E-state index contributed by atoms with van der Waals surface area (Å²) in [5.41, 5.74) is 3.23. The van der Waals surface area contributed by atoms with E-state index in [1.807, 2.05) is 91.0 Å². The number of fused-ring (bicyclic) bond motifs is 1. The van der Waals surface area contributed by atoms with Gasteiger partial charge < -0.3 is 5.32 Å². The Morgan fingerprint density at radius 1 is 0.724 bits per heavy atom. The van der Waals surface area contributed by atoms with Crippen LogP contribution < -0.4 is 5.32 Å². The molecule has 0 saturated carbocycles. The van der Waals surface area contributed by atoms with Crippen LogP contribution >= 0.6 is 31.9 Å². The maximum absolute atomic E-state index is 13.1. The smallest absolute Gasteiger partial charge is 0.187 e. The number of carbonyl (C=O) groups is 1. The average molecular weight is 507 g/mol. The molecule has 0 aromatic heterocycles. The minimum Gasteiger partial charge on any atom is -0.354 e. The number of nitrogens with one attached hydrogen (secondary N) is 1. The number of rotatable bonds is 5. The quantitative estimate of drug-likeness (QED) is 0.222. The molecule has 4 aromatic carbocycles. The summed E-state index contributed by atoms with van der Waals surface area (Å²) >= 11 is 7.05.